The van der Waals surface area contributed by atoms with Gasteiger partial charge in [-0.1, -0.05) is 13.8 Å². The molecule has 4 amide bonds. The van der Waals surface area contributed by atoms with Crippen LogP contribution in [-0.2, 0) is 24.0 Å². The molecule has 4 aliphatic heterocycles. The van der Waals surface area contributed by atoms with Crippen LogP contribution >= 0.6 is 9.24 Å². The number of fused-ring (bicyclic) bond motifs is 1. The van der Waals surface area contributed by atoms with E-state index in [1.165, 1.54) is 4.90 Å². The number of carboxylic acid groups (broad SMARTS) is 1. The van der Waals surface area contributed by atoms with Crippen LogP contribution < -0.4 is 16.0 Å². The molecule has 3 unspecified atom stereocenters. The van der Waals surface area contributed by atoms with Gasteiger partial charge in [-0.25, -0.2) is 4.79 Å². The molecule has 0 aromatic carbocycles. The van der Waals surface area contributed by atoms with Crippen molar-refractivity contribution in [2.24, 2.45) is 5.92 Å². The van der Waals surface area contributed by atoms with E-state index in [0.29, 0.717) is 18.4 Å². The van der Waals surface area contributed by atoms with Gasteiger partial charge in [-0.15, -0.1) is 9.24 Å². The van der Waals surface area contributed by atoms with Crippen molar-refractivity contribution >= 4 is 38.8 Å². The molecule has 4 saturated heterocycles. The highest BCUT2D eigenvalue weighted by Crippen LogP contribution is 2.37. The van der Waals surface area contributed by atoms with E-state index in [-0.39, 0.29) is 55.4 Å². The average molecular weight is 539 g/mol. The monoisotopic (exact) mass is 538 g/mol. The average Bonchev–Trinajstić information content (AvgIpc) is 3.16. The molecule has 0 spiro atoms. The van der Waals surface area contributed by atoms with Gasteiger partial charge in [-0.3, -0.25) is 24.1 Å². The van der Waals surface area contributed by atoms with Crippen LogP contribution in [0.2, 0.25) is 0 Å². The zero-order valence-corrected chi connectivity index (χ0v) is 22.8. The summed E-state index contributed by atoms with van der Waals surface area (Å²) in [6.07, 6.45) is 3.09. The summed E-state index contributed by atoms with van der Waals surface area (Å²) >= 11 is 0. The van der Waals surface area contributed by atoms with Crippen LogP contribution in [0.25, 0.3) is 0 Å². The smallest absolute Gasteiger partial charge is 0.326 e. The summed E-state index contributed by atoms with van der Waals surface area (Å²) in [4.78, 5) is 68.0. The van der Waals surface area contributed by atoms with Gasteiger partial charge >= 0.3 is 5.97 Å². The summed E-state index contributed by atoms with van der Waals surface area (Å²) in [5, 5.41) is 17.8. The number of aliphatic carboxylic acids is 1. The molecule has 37 heavy (non-hydrogen) atoms. The Balaban J connectivity index is 1.34. The Labute approximate surface area is 219 Å². The molecule has 4 heterocycles. The molecule has 0 aliphatic carbocycles. The zero-order valence-electron chi connectivity index (χ0n) is 21.7. The second kappa shape index (κ2) is 11.2. The molecular weight excluding hydrogens is 499 g/mol. The third-order valence-electron chi connectivity index (χ3n) is 7.82. The van der Waals surface area contributed by atoms with Crippen LogP contribution in [0.15, 0.2) is 0 Å². The first-order chi connectivity index (χ1) is 17.5. The summed E-state index contributed by atoms with van der Waals surface area (Å²) in [7, 11) is 2.27. The van der Waals surface area contributed by atoms with E-state index < -0.39 is 29.9 Å². The number of carbonyl (C=O) groups is 5. The number of nitrogens with one attached hydrogen (secondary N) is 3. The number of amides is 4. The Bertz CT molecular complexity index is 949. The second-order valence-corrected chi connectivity index (χ2v) is 11.5. The number of hydrogen-bond acceptors (Lipinski definition) is 7. The van der Waals surface area contributed by atoms with Gasteiger partial charge in [0.05, 0.1) is 18.6 Å². The topological polar surface area (TPSA) is 161 Å². The largest absolute Gasteiger partial charge is 0.480 e. The fourth-order valence-corrected chi connectivity index (χ4v) is 6.32. The van der Waals surface area contributed by atoms with Gasteiger partial charge in [0.15, 0.2) is 0 Å². The predicted molar refractivity (Wildman–Crippen MR) is 137 cm³/mol. The van der Waals surface area contributed by atoms with Gasteiger partial charge in [0.2, 0.25) is 23.6 Å². The minimum absolute atomic E-state index is 0.0267. The molecule has 4 rings (SSSR count). The minimum atomic E-state index is -1.15. The van der Waals surface area contributed by atoms with Crippen LogP contribution in [0.3, 0.4) is 0 Å². The maximum atomic E-state index is 13.2. The Kier molecular flexibility index (Phi) is 8.40. The number of carboxylic acids is 1. The van der Waals surface area contributed by atoms with Crippen LogP contribution in [0.1, 0.15) is 46.5 Å². The van der Waals surface area contributed by atoms with E-state index in [0.717, 1.165) is 25.8 Å². The lowest BCUT2D eigenvalue weighted by Crippen LogP contribution is -2.52. The van der Waals surface area contributed by atoms with Crippen molar-refractivity contribution in [2.45, 2.75) is 88.9 Å². The highest BCUT2D eigenvalue weighted by atomic mass is 31.0. The lowest BCUT2D eigenvalue weighted by atomic mass is 10.0. The minimum Gasteiger partial charge on any atom is -0.480 e. The quantitative estimate of drug-likeness (QED) is 0.184. The molecule has 12 nitrogen and oxygen atoms in total. The van der Waals surface area contributed by atoms with Crippen molar-refractivity contribution in [3.8, 4) is 0 Å². The van der Waals surface area contributed by atoms with Crippen molar-refractivity contribution in [3.05, 3.63) is 0 Å². The summed E-state index contributed by atoms with van der Waals surface area (Å²) in [5.41, 5.74) is 0. The molecule has 8 atom stereocenters. The van der Waals surface area contributed by atoms with Crippen molar-refractivity contribution in [3.63, 3.8) is 0 Å². The van der Waals surface area contributed by atoms with Crippen LogP contribution in [0.5, 0.6) is 0 Å². The predicted octanol–water partition coefficient (Wildman–Crippen LogP) is -1.44. The SMILES string of the molecule is CC(C)C[C@H]1N[C@@H]1C1N(CC(=O)N[C@@H]2CC(C)N(CC(=O)N[C@H](CP)C(=O)O)C2=O)C(=O)[C@@H]2CCCN12. The number of likely N-dealkylation sites (tertiary alicyclic amines) is 1. The summed E-state index contributed by atoms with van der Waals surface area (Å²) in [6.45, 7) is 6.55. The van der Waals surface area contributed by atoms with Gasteiger partial charge in [-0.05, 0) is 44.7 Å². The molecule has 4 aliphatic rings. The number of carbonyl (C=O) groups excluding carboxylic acids is 4. The van der Waals surface area contributed by atoms with Gasteiger partial charge in [0.25, 0.3) is 0 Å². The molecule has 0 radical (unpaired) electrons. The first kappa shape index (κ1) is 27.7. The standard InChI is InChI=1S/C24H39N6O6P/c1-12(2)7-14-20(27-14)21-28-6-4-5-17(28)23(34)30(21)10-19(32)25-15-8-13(3)29(22(15)33)9-18(31)26-16(11-37)24(35)36/h12-17,20-21,27H,4-11,37H2,1-3H3,(H,25,32)(H,26,31)(H,35,36)/t13?,14-,15-,16-,17+,20+,21?/m1/s1. The Morgan fingerprint density at radius 3 is 2.49 bits per heavy atom. The van der Waals surface area contributed by atoms with E-state index in [1.807, 2.05) is 0 Å². The van der Waals surface area contributed by atoms with E-state index in [1.54, 1.807) is 11.8 Å². The van der Waals surface area contributed by atoms with Crippen molar-refractivity contribution in [2.75, 3.05) is 25.8 Å². The van der Waals surface area contributed by atoms with Crippen LogP contribution in [0.4, 0.5) is 0 Å². The Morgan fingerprint density at radius 2 is 1.84 bits per heavy atom. The van der Waals surface area contributed by atoms with Gasteiger partial charge < -0.3 is 30.9 Å². The lowest BCUT2D eigenvalue weighted by molar-refractivity contribution is -0.142. The van der Waals surface area contributed by atoms with Gasteiger partial charge in [0, 0.05) is 18.6 Å². The van der Waals surface area contributed by atoms with Gasteiger partial charge in [0.1, 0.15) is 24.8 Å². The van der Waals surface area contributed by atoms with E-state index >= 15 is 0 Å². The molecule has 0 aromatic heterocycles. The normalized spacial score (nSPS) is 32.1. The molecule has 0 bridgehead atoms. The van der Waals surface area contributed by atoms with Gasteiger partial charge in [-0.2, -0.15) is 0 Å². The fraction of sp³-hybridized carbons (Fsp3) is 0.792. The van der Waals surface area contributed by atoms with Crippen molar-refractivity contribution in [1.29, 1.82) is 0 Å². The number of hydrogen-bond donors (Lipinski definition) is 4. The molecule has 4 fully saturated rings. The van der Waals surface area contributed by atoms with E-state index in [4.69, 9.17) is 5.11 Å². The number of nitrogens with zero attached hydrogens (tertiary/aromatic N) is 3. The maximum absolute atomic E-state index is 13.2. The van der Waals surface area contributed by atoms with Crippen LogP contribution in [0, 0.1) is 5.92 Å². The molecule has 0 saturated carbocycles. The van der Waals surface area contributed by atoms with Crippen LogP contribution in [-0.4, -0.2) is 118 Å². The summed E-state index contributed by atoms with van der Waals surface area (Å²) in [5.74, 6) is -2.00. The molecule has 206 valence electrons. The molecule has 0 aromatic rings. The number of rotatable bonds is 11. The van der Waals surface area contributed by atoms with Crippen molar-refractivity contribution < 1.29 is 29.1 Å². The lowest BCUT2D eigenvalue weighted by Gasteiger charge is -2.29. The second-order valence-electron chi connectivity index (χ2n) is 11.1. The third kappa shape index (κ3) is 5.91. The maximum Gasteiger partial charge on any atom is 0.326 e. The highest BCUT2D eigenvalue weighted by Gasteiger charge is 2.57. The molecular formula is C24H39N6O6P. The molecule has 13 heteroatoms. The molecule has 4 N–H and O–H groups in total. The Hall–Kier alpha value is -2.30. The van der Waals surface area contributed by atoms with E-state index in [2.05, 4.69) is 43.9 Å². The Morgan fingerprint density at radius 1 is 1.14 bits per heavy atom. The highest BCUT2D eigenvalue weighted by molar-refractivity contribution is 7.16. The first-order valence-corrected chi connectivity index (χ1v) is 14.0. The summed E-state index contributed by atoms with van der Waals surface area (Å²) < 4.78 is 0. The first-order valence-electron chi connectivity index (χ1n) is 13.2. The zero-order chi connectivity index (χ0) is 27.0. The third-order valence-corrected chi connectivity index (χ3v) is 8.29. The van der Waals surface area contributed by atoms with E-state index in [9.17, 15) is 24.0 Å². The fourth-order valence-electron chi connectivity index (χ4n) is 6.00. The summed E-state index contributed by atoms with van der Waals surface area (Å²) in [6, 6.07) is -1.87. The van der Waals surface area contributed by atoms with Crippen molar-refractivity contribution in [1.82, 2.24) is 30.7 Å².